The third-order valence-corrected chi connectivity index (χ3v) is 7.00. The van der Waals surface area contributed by atoms with E-state index in [1.807, 2.05) is 30.3 Å². The second-order valence-electron chi connectivity index (χ2n) is 6.44. The summed E-state index contributed by atoms with van der Waals surface area (Å²) in [5.41, 5.74) is 0.806. The SMILES string of the molecule is O=C(COC(=O)C1CCN(S(=O)(=O)/C=C/c2ccccc2)CC1)c1cccs1. The maximum absolute atomic E-state index is 12.5. The molecule has 1 fully saturated rings. The van der Waals surface area contributed by atoms with Crippen LogP contribution in [0.1, 0.15) is 28.1 Å². The number of carbonyl (C=O) groups is 2. The van der Waals surface area contributed by atoms with Gasteiger partial charge in [0, 0.05) is 18.5 Å². The Bertz CT molecular complexity index is 928. The van der Waals surface area contributed by atoms with Crippen LogP contribution in [-0.2, 0) is 19.6 Å². The number of thiophene rings is 1. The summed E-state index contributed by atoms with van der Waals surface area (Å²) >= 11 is 1.30. The Hall–Kier alpha value is -2.29. The van der Waals surface area contributed by atoms with Crippen molar-refractivity contribution in [1.82, 2.24) is 4.31 Å². The number of ether oxygens (including phenoxy) is 1. The van der Waals surface area contributed by atoms with Crippen molar-refractivity contribution in [3.05, 3.63) is 63.7 Å². The molecule has 148 valence electrons. The van der Waals surface area contributed by atoms with Gasteiger partial charge in [-0.3, -0.25) is 9.59 Å². The Labute approximate surface area is 168 Å². The maximum Gasteiger partial charge on any atom is 0.309 e. The third kappa shape index (κ3) is 5.37. The lowest BCUT2D eigenvalue weighted by Gasteiger charge is -2.29. The zero-order valence-electron chi connectivity index (χ0n) is 15.2. The lowest BCUT2D eigenvalue weighted by Crippen LogP contribution is -2.39. The predicted octanol–water partition coefficient (Wildman–Crippen LogP) is 3.19. The first kappa shape index (κ1) is 20.4. The Morgan fingerprint density at radius 1 is 1.11 bits per heavy atom. The molecule has 0 amide bonds. The molecule has 28 heavy (non-hydrogen) atoms. The molecule has 0 unspecified atom stereocenters. The van der Waals surface area contributed by atoms with Gasteiger partial charge >= 0.3 is 5.97 Å². The summed E-state index contributed by atoms with van der Waals surface area (Å²) in [5, 5.41) is 2.98. The first-order valence-corrected chi connectivity index (χ1v) is 11.3. The number of benzene rings is 1. The molecule has 0 radical (unpaired) electrons. The van der Waals surface area contributed by atoms with Crippen molar-refractivity contribution < 1.29 is 22.7 Å². The Kier molecular flexibility index (Phi) is 6.77. The molecule has 8 heteroatoms. The van der Waals surface area contributed by atoms with Crippen molar-refractivity contribution in [2.45, 2.75) is 12.8 Å². The Morgan fingerprint density at radius 2 is 1.82 bits per heavy atom. The second kappa shape index (κ2) is 9.27. The average Bonchev–Trinajstić information content (AvgIpc) is 3.26. The maximum atomic E-state index is 12.5. The van der Waals surface area contributed by atoms with E-state index in [0.29, 0.717) is 17.7 Å². The van der Waals surface area contributed by atoms with Crippen LogP contribution in [0.25, 0.3) is 6.08 Å². The van der Waals surface area contributed by atoms with E-state index in [9.17, 15) is 18.0 Å². The highest BCUT2D eigenvalue weighted by molar-refractivity contribution is 7.92. The molecule has 0 aliphatic carbocycles. The van der Waals surface area contributed by atoms with Gasteiger partial charge < -0.3 is 4.74 Å². The summed E-state index contributed by atoms with van der Waals surface area (Å²) in [6.07, 6.45) is 2.32. The number of rotatable bonds is 7. The number of hydrogen-bond acceptors (Lipinski definition) is 6. The number of hydrogen-bond donors (Lipinski definition) is 0. The summed E-state index contributed by atoms with van der Waals surface area (Å²) in [5.74, 6) is -1.06. The van der Waals surface area contributed by atoms with Crippen LogP contribution in [0.15, 0.2) is 53.3 Å². The molecular formula is C20H21NO5S2. The molecule has 0 N–H and O–H groups in total. The molecule has 0 bridgehead atoms. The van der Waals surface area contributed by atoms with E-state index in [1.54, 1.807) is 23.6 Å². The van der Waals surface area contributed by atoms with Crippen LogP contribution in [-0.4, -0.2) is 44.2 Å². The molecule has 1 aliphatic heterocycles. The van der Waals surface area contributed by atoms with Gasteiger partial charge in [0.1, 0.15) is 0 Å². The molecular weight excluding hydrogens is 398 g/mol. The number of carbonyl (C=O) groups excluding carboxylic acids is 2. The summed E-state index contributed by atoms with van der Waals surface area (Å²) in [6.45, 7) is 0.220. The van der Waals surface area contributed by atoms with Gasteiger partial charge in [0.05, 0.1) is 10.8 Å². The van der Waals surface area contributed by atoms with Crippen molar-refractivity contribution >= 4 is 39.2 Å². The summed E-state index contributed by atoms with van der Waals surface area (Å²) in [6, 6.07) is 12.6. The topological polar surface area (TPSA) is 80.8 Å². The molecule has 2 aromatic rings. The number of esters is 1. The molecule has 3 rings (SSSR count). The second-order valence-corrected chi connectivity index (χ2v) is 9.21. The lowest BCUT2D eigenvalue weighted by molar-refractivity contribution is -0.148. The van der Waals surface area contributed by atoms with Gasteiger partial charge in [-0.05, 0) is 35.9 Å². The van der Waals surface area contributed by atoms with Crippen molar-refractivity contribution in [2.24, 2.45) is 5.92 Å². The molecule has 1 aliphatic rings. The van der Waals surface area contributed by atoms with Gasteiger partial charge in [0.25, 0.3) is 0 Å². The molecule has 1 saturated heterocycles. The quantitative estimate of drug-likeness (QED) is 0.509. The smallest absolute Gasteiger partial charge is 0.309 e. The molecule has 1 aromatic carbocycles. The summed E-state index contributed by atoms with van der Waals surface area (Å²) in [7, 11) is -3.54. The molecule has 6 nitrogen and oxygen atoms in total. The van der Waals surface area contributed by atoms with Crippen LogP contribution < -0.4 is 0 Å². The minimum Gasteiger partial charge on any atom is -0.457 e. The first-order valence-electron chi connectivity index (χ1n) is 8.92. The number of ketones is 1. The number of sulfonamides is 1. The highest BCUT2D eigenvalue weighted by Crippen LogP contribution is 2.22. The molecule has 1 aromatic heterocycles. The normalized spacial score (nSPS) is 16.3. The number of piperidine rings is 1. The first-order chi connectivity index (χ1) is 13.5. The van der Waals surface area contributed by atoms with E-state index in [1.165, 1.54) is 21.1 Å². The highest BCUT2D eigenvalue weighted by Gasteiger charge is 2.31. The standard InChI is InChI=1S/C20H21NO5S2/c22-18(19-7-4-13-27-19)15-26-20(23)17-8-11-21(12-9-17)28(24,25)14-10-16-5-2-1-3-6-16/h1-7,10,13-14,17H,8-9,11-12,15H2/b14-10+. The minimum atomic E-state index is -3.54. The number of Topliss-reactive ketones (excluding diaryl/α,β-unsaturated/α-hetero) is 1. The van der Waals surface area contributed by atoms with Crippen molar-refractivity contribution in [1.29, 1.82) is 0 Å². The fraction of sp³-hybridized carbons (Fsp3) is 0.300. The van der Waals surface area contributed by atoms with E-state index >= 15 is 0 Å². The molecule has 0 spiro atoms. The van der Waals surface area contributed by atoms with Gasteiger partial charge in [-0.25, -0.2) is 8.42 Å². The largest absolute Gasteiger partial charge is 0.457 e. The van der Waals surface area contributed by atoms with Crippen LogP contribution in [0, 0.1) is 5.92 Å². The van der Waals surface area contributed by atoms with Gasteiger partial charge in [0.15, 0.2) is 6.61 Å². The predicted molar refractivity (Wildman–Crippen MR) is 108 cm³/mol. The fourth-order valence-corrected chi connectivity index (χ4v) is 4.80. The third-order valence-electron chi connectivity index (χ3n) is 4.52. The van der Waals surface area contributed by atoms with E-state index in [-0.39, 0.29) is 31.4 Å². The van der Waals surface area contributed by atoms with Crippen molar-refractivity contribution in [3.8, 4) is 0 Å². The van der Waals surface area contributed by atoms with Crippen LogP contribution >= 0.6 is 11.3 Å². The van der Waals surface area contributed by atoms with E-state index in [4.69, 9.17) is 4.74 Å². The fourth-order valence-electron chi connectivity index (χ4n) is 2.92. The summed E-state index contributed by atoms with van der Waals surface area (Å²) < 4.78 is 31.4. The average molecular weight is 420 g/mol. The van der Waals surface area contributed by atoms with E-state index in [2.05, 4.69) is 0 Å². The lowest BCUT2D eigenvalue weighted by atomic mass is 9.98. The van der Waals surface area contributed by atoms with Crippen LogP contribution in [0.4, 0.5) is 0 Å². The monoisotopic (exact) mass is 419 g/mol. The molecule has 0 saturated carbocycles. The van der Waals surface area contributed by atoms with Crippen molar-refractivity contribution in [3.63, 3.8) is 0 Å². The van der Waals surface area contributed by atoms with E-state index in [0.717, 1.165) is 5.56 Å². The van der Waals surface area contributed by atoms with Crippen LogP contribution in [0.3, 0.4) is 0 Å². The van der Waals surface area contributed by atoms with Gasteiger partial charge in [-0.15, -0.1) is 11.3 Å². The zero-order chi connectivity index (χ0) is 20.0. The molecule has 0 atom stereocenters. The van der Waals surface area contributed by atoms with Gasteiger partial charge in [-0.2, -0.15) is 4.31 Å². The van der Waals surface area contributed by atoms with Crippen LogP contribution in [0.5, 0.6) is 0 Å². The van der Waals surface area contributed by atoms with Crippen molar-refractivity contribution in [2.75, 3.05) is 19.7 Å². The Morgan fingerprint density at radius 3 is 2.46 bits per heavy atom. The zero-order valence-corrected chi connectivity index (χ0v) is 16.8. The van der Waals surface area contributed by atoms with Gasteiger partial charge in [-0.1, -0.05) is 36.4 Å². The van der Waals surface area contributed by atoms with E-state index < -0.39 is 16.0 Å². The Balaban J connectivity index is 1.48. The minimum absolute atomic E-state index is 0.227. The number of nitrogens with zero attached hydrogens (tertiary/aromatic N) is 1. The van der Waals surface area contributed by atoms with Crippen LogP contribution in [0.2, 0.25) is 0 Å². The van der Waals surface area contributed by atoms with Gasteiger partial charge in [0.2, 0.25) is 15.8 Å². The molecule has 2 heterocycles. The summed E-state index contributed by atoms with van der Waals surface area (Å²) in [4.78, 5) is 24.6. The highest BCUT2D eigenvalue weighted by atomic mass is 32.2.